The summed E-state index contributed by atoms with van der Waals surface area (Å²) in [5.74, 6) is 0. The van der Waals surface area contributed by atoms with Crippen LogP contribution >= 0.6 is 0 Å². The lowest BCUT2D eigenvalue weighted by Gasteiger charge is -2.12. The van der Waals surface area contributed by atoms with E-state index in [2.05, 4.69) is 5.16 Å². The van der Waals surface area contributed by atoms with Gasteiger partial charge in [0.05, 0.1) is 5.69 Å². The Bertz CT molecular complexity index is 310. The summed E-state index contributed by atoms with van der Waals surface area (Å²) in [6.07, 6.45) is 0.942. The number of oxime groups is 1. The predicted octanol–water partition coefficient (Wildman–Crippen LogP) is 0.989. The van der Waals surface area contributed by atoms with Gasteiger partial charge in [0, 0.05) is 0 Å². The van der Waals surface area contributed by atoms with Crippen molar-refractivity contribution in [2.24, 2.45) is 10.9 Å². The SMILES string of the molecule is NC(=O)N(C=NO)c1ccccc1. The van der Waals surface area contributed by atoms with Crippen LogP contribution in [0.5, 0.6) is 0 Å². The molecule has 0 fully saturated rings. The van der Waals surface area contributed by atoms with E-state index in [1.807, 2.05) is 0 Å². The third kappa shape index (κ3) is 2.19. The standard InChI is InChI=1S/C8H9N3O2/c9-8(12)11(6-10-13)7-4-2-1-3-5-7/h1-6,13H,(H2,9,12). The molecule has 0 saturated carbocycles. The lowest BCUT2D eigenvalue weighted by molar-refractivity contribution is 0.256. The maximum atomic E-state index is 10.8. The minimum Gasteiger partial charge on any atom is -0.410 e. The van der Waals surface area contributed by atoms with Gasteiger partial charge in [0.15, 0.2) is 0 Å². The van der Waals surface area contributed by atoms with Gasteiger partial charge in [-0.3, -0.25) is 4.90 Å². The van der Waals surface area contributed by atoms with E-state index >= 15 is 0 Å². The fourth-order valence-electron chi connectivity index (χ4n) is 0.891. The second-order valence-electron chi connectivity index (χ2n) is 2.27. The summed E-state index contributed by atoms with van der Waals surface area (Å²) in [5, 5.41) is 11.0. The molecule has 0 heterocycles. The van der Waals surface area contributed by atoms with Crippen molar-refractivity contribution in [2.45, 2.75) is 0 Å². The maximum absolute atomic E-state index is 10.8. The van der Waals surface area contributed by atoms with Gasteiger partial charge in [-0.1, -0.05) is 23.4 Å². The molecule has 68 valence electrons. The Labute approximate surface area is 75.1 Å². The molecule has 0 aliphatic heterocycles. The van der Waals surface area contributed by atoms with Crippen LogP contribution in [0.3, 0.4) is 0 Å². The number of urea groups is 1. The molecule has 0 aliphatic carbocycles. The lowest BCUT2D eigenvalue weighted by Crippen LogP contribution is -2.34. The summed E-state index contributed by atoms with van der Waals surface area (Å²) < 4.78 is 0. The van der Waals surface area contributed by atoms with Crippen LogP contribution in [0.25, 0.3) is 0 Å². The van der Waals surface area contributed by atoms with Crippen LogP contribution in [-0.2, 0) is 0 Å². The minimum atomic E-state index is -0.705. The van der Waals surface area contributed by atoms with Gasteiger partial charge in [0.2, 0.25) is 0 Å². The number of hydrogen-bond acceptors (Lipinski definition) is 3. The zero-order valence-electron chi connectivity index (χ0n) is 6.79. The van der Waals surface area contributed by atoms with E-state index in [0.29, 0.717) is 5.69 Å². The summed E-state index contributed by atoms with van der Waals surface area (Å²) in [5.41, 5.74) is 5.59. The lowest BCUT2D eigenvalue weighted by atomic mass is 10.3. The first-order valence-electron chi connectivity index (χ1n) is 3.57. The van der Waals surface area contributed by atoms with Crippen molar-refractivity contribution < 1.29 is 10.0 Å². The summed E-state index contributed by atoms with van der Waals surface area (Å²) in [6.45, 7) is 0. The fraction of sp³-hybridized carbons (Fsp3) is 0. The van der Waals surface area contributed by atoms with Crippen molar-refractivity contribution in [2.75, 3.05) is 4.90 Å². The topological polar surface area (TPSA) is 78.9 Å². The summed E-state index contributed by atoms with van der Waals surface area (Å²) in [4.78, 5) is 11.9. The third-order valence-corrected chi connectivity index (χ3v) is 1.44. The Hall–Kier alpha value is -2.04. The van der Waals surface area contributed by atoms with Crippen molar-refractivity contribution in [3.63, 3.8) is 0 Å². The van der Waals surface area contributed by atoms with Gasteiger partial charge in [-0.15, -0.1) is 0 Å². The second kappa shape index (κ2) is 4.10. The Morgan fingerprint density at radius 1 is 1.46 bits per heavy atom. The number of primary amides is 1. The molecule has 0 radical (unpaired) electrons. The largest absolute Gasteiger partial charge is 0.410 e. The number of anilines is 1. The van der Waals surface area contributed by atoms with Crippen LogP contribution < -0.4 is 10.6 Å². The molecule has 0 bridgehead atoms. The molecular formula is C8H9N3O2. The highest BCUT2D eigenvalue weighted by molar-refractivity contribution is 6.06. The molecule has 0 aliphatic rings. The molecular weight excluding hydrogens is 170 g/mol. The van der Waals surface area contributed by atoms with E-state index in [9.17, 15) is 4.79 Å². The van der Waals surface area contributed by atoms with Crippen molar-refractivity contribution in [1.82, 2.24) is 0 Å². The van der Waals surface area contributed by atoms with E-state index in [4.69, 9.17) is 10.9 Å². The Balaban J connectivity index is 2.96. The number of para-hydroxylation sites is 1. The monoisotopic (exact) mass is 179 g/mol. The maximum Gasteiger partial charge on any atom is 0.324 e. The highest BCUT2D eigenvalue weighted by atomic mass is 16.4. The first-order chi connectivity index (χ1) is 6.25. The summed E-state index contributed by atoms with van der Waals surface area (Å²) >= 11 is 0. The van der Waals surface area contributed by atoms with Gasteiger partial charge in [0.1, 0.15) is 6.34 Å². The summed E-state index contributed by atoms with van der Waals surface area (Å²) in [6, 6.07) is 7.94. The highest BCUT2D eigenvalue weighted by Crippen LogP contribution is 2.10. The molecule has 0 aromatic heterocycles. The molecule has 0 atom stereocenters. The molecule has 1 aromatic carbocycles. The average Bonchev–Trinajstić information content (AvgIpc) is 2.15. The smallest absolute Gasteiger partial charge is 0.324 e. The molecule has 3 N–H and O–H groups in total. The number of carbonyl (C=O) groups is 1. The van der Waals surface area contributed by atoms with Crippen molar-refractivity contribution in [3.05, 3.63) is 30.3 Å². The van der Waals surface area contributed by atoms with E-state index in [-0.39, 0.29) is 0 Å². The second-order valence-corrected chi connectivity index (χ2v) is 2.27. The molecule has 2 amide bonds. The average molecular weight is 179 g/mol. The van der Waals surface area contributed by atoms with E-state index < -0.39 is 6.03 Å². The third-order valence-electron chi connectivity index (χ3n) is 1.44. The van der Waals surface area contributed by atoms with Crippen molar-refractivity contribution in [3.8, 4) is 0 Å². The quantitative estimate of drug-likeness (QED) is 0.307. The zero-order valence-corrected chi connectivity index (χ0v) is 6.79. The number of amides is 2. The van der Waals surface area contributed by atoms with Gasteiger partial charge in [-0.2, -0.15) is 0 Å². The Morgan fingerprint density at radius 2 is 2.08 bits per heavy atom. The van der Waals surface area contributed by atoms with E-state index in [1.54, 1.807) is 30.3 Å². The van der Waals surface area contributed by atoms with Crippen molar-refractivity contribution in [1.29, 1.82) is 0 Å². The van der Waals surface area contributed by atoms with Gasteiger partial charge in [-0.25, -0.2) is 4.79 Å². The van der Waals surface area contributed by atoms with Crippen LogP contribution in [-0.4, -0.2) is 17.6 Å². The molecule has 1 aromatic rings. The van der Waals surface area contributed by atoms with E-state index in [0.717, 1.165) is 11.2 Å². The predicted molar refractivity (Wildman–Crippen MR) is 48.8 cm³/mol. The van der Waals surface area contributed by atoms with Crippen LogP contribution in [0, 0.1) is 0 Å². The highest BCUT2D eigenvalue weighted by Gasteiger charge is 2.08. The number of nitrogens with two attached hydrogens (primary N) is 1. The Morgan fingerprint density at radius 3 is 2.54 bits per heavy atom. The summed E-state index contributed by atoms with van der Waals surface area (Å²) in [7, 11) is 0. The first-order valence-corrected chi connectivity index (χ1v) is 3.57. The minimum absolute atomic E-state index is 0.549. The number of carbonyl (C=O) groups excluding carboxylic acids is 1. The first kappa shape index (κ1) is 9.05. The molecule has 5 nitrogen and oxygen atoms in total. The van der Waals surface area contributed by atoms with Gasteiger partial charge in [0.25, 0.3) is 0 Å². The van der Waals surface area contributed by atoms with Gasteiger partial charge >= 0.3 is 6.03 Å². The van der Waals surface area contributed by atoms with Crippen LogP contribution in [0.15, 0.2) is 35.5 Å². The van der Waals surface area contributed by atoms with Crippen molar-refractivity contribution >= 4 is 18.1 Å². The van der Waals surface area contributed by atoms with Crippen LogP contribution in [0.2, 0.25) is 0 Å². The fourth-order valence-corrected chi connectivity index (χ4v) is 0.891. The molecule has 0 saturated heterocycles. The Kier molecular flexibility index (Phi) is 2.86. The molecule has 13 heavy (non-hydrogen) atoms. The number of benzene rings is 1. The van der Waals surface area contributed by atoms with Gasteiger partial charge in [-0.05, 0) is 12.1 Å². The van der Waals surface area contributed by atoms with Crippen LogP contribution in [0.4, 0.5) is 10.5 Å². The molecule has 0 unspecified atom stereocenters. The normalized spacial score (nSPS) is 10.2. The number of hydrogen-bond donors (Lipinski definition) is 2. The zero-order chi connectivity index (χ0) is 9.68. The number of rotatable bonds is 2. The molecule has 5 heteroatoms. The van der Waals surface area contributed by atoms with E-state index in [1.165, 1.54) is 0 Å². The molecule has 0 spiro atoms. The number of nitrogens with zero attached hydrogens (tertiary/aromatic N) is 2. The molecule has 1 rings (SSSR count). The van der Waals surface area contributed by atoms with Gasteiger partial charge < -0.3 is 10.9 Å². The van der Waals surface area contributed by atoms with Crippen LogP contribution in [0.1, 0.15) is 0 Å².